The highest BCUT2D eigenvalue weighted by atomic mass is 35.5. The van der Waals surface area contributed by atoms with E-state index in [1.54, 1.807) is 0 Å². The first-order valence-corrected chi connectivity index (χ1v) is 7.24. The highest BCUT2D eigenvalue weighted by Gasteiger charge is 2.11. The van der Waals surface area contributed by atoms with Gasteiger partial charge in [0, 0.05) is 10.7 Å². The summed E-state index contributed by atoms with van der Waals surface area (Å²) in [4.78, 5) is 12.1. The van der Waals surface area contributed by atoms with Crippen LogP contribution in [0.3, 0.4) is 0 Å². The number of hydrogen-bond donors (Lipinski definition) is 2. The van der Waals surface area contributed by atoms with Crippen molar-refractivity contribution < 1.29 is 4.79 Å². The minimum absolute atomic E-state index is 0.117. The summed E-state index contributed by atoms with van der Waals surface area (Å²) in [5.41, 5.74) is 4.02. The molecule has 2 N–H and O–H groups in total. The number of rotatable bonds is 3. The Bertz CT molecular complexity index is 655. The van der Waals surface area contributed by atoms with Crippen LogP contribution in [0.5, 0.6) is 0 Å². The van der Waals surface area contributed by atoms with E-state index in [1.807, 2.05) is 63.2 Å². The largest absolute Gasteiger partial charge is 0.331 e. The molecule has 1 atom stereocenters. The van der Waals surface area contributed by atoms with Crippen molar-refractivity contribution in [1.82, 2.24) is 5.32 Å². The monoisotopic (exact) mass is 302 g/mol. The molecule has 2 rings (SSSR count). The van der Waals surface area contributed by atoms with Gasteiger partial charge in [0.25, 0.3) is 0 Å². The number of aryl methyl sites for hydroxylation is 1. The van der Waals surface area contributed by atoms with Crippen LogP contribution in [0, 0.1) is 13.8 Å². The Morgan fingerprint density at radius 2 is 1.86 bits per heavy atom. The van der Waals surface area contributed by atoms with E-state index >= 15 is 0 Å². The molecule has 0 fully saturated rings. The van der Waals surface area contributed by atoms with Gasteiger partial charge in [-0.1, -0.05) is 35.9 Å². The highest BCUT2D eigenvalue weighted by Crippen LogP contribution is 2.19. The zero-order valence-corrected chi connectivity index (χ0v) is 13.2. The van der Waals surface area contributed by atoms with Gasteiger partial charge >= 0.3 is 6.03 Å². The molecule has 0 bridgehead atoms. The van der Waals surface area contributed by atoms with Crippen molar-refractivity contribution in [2.45, 2.75) is 26.8 Å². The lowest BCUT2D eigenvalue weighted by molar-refractivity contribution is 0.249. The standard InChI is InChI=1S/C17H19ClN2O/c1-11-6-4-9-16(12(11)2)20-17(21)19-13(3)14-7-5-8-15(18)10-14/h4-10,13H,1-3H3,(H2,19,20,21)/t13-/m0/s1. The van der Waals surface area contributed by atoms with Crippen LogP contribution in [-0.2, 0) is 0 Å². The van der Waals surface area contributed by atoms with Gasteiger partial charge in [-0.15, -0.1) is 0 Å². The van der Waals surface area contributed by atoms with Crippen LogP contribution in [0.25, 0.3) is 0 Å². The van der Waals surface area contributed by atoms with E-state index in [0.717, 1.165) is 22.4 Å². The number of carbonyl (C=O) groups is 1. The van der Waals surface area contributed by atoms with Gasteiger partial charge in [0.05, 0.1) is 6.04 Å². The average Bonchev–Trinajstić information content (AvgIpc) is 2.44. The molecule has 0 aliphatic carbocycles. The van der Waals surface area contributed by atoms with Crippen molar-refractivity contribution in [3.8, 4) is 0 Å². The number of benzene rings is 2. The first-order chi connectivity index (χ1) is 9.97. The molecule has 110 valence electrons. The van der Waals surface area contributed by atoms with Crippen LogP contribution in [0.4, 0.5) is 10.5 Å². The van der Waals surface area contributed by atoms with Gasteiger partial charge in [0.15, 0.2) is 0 Å². The summed E-state index contributed by atoms with van der Waals surface area (Å²) in [6, 6.07) is 13.0. The topological polar surface area (TPSA) is 41.1 Å². The van der Waals surface area contributed by atoms with Crippen LogP contribution < -0.4 is 10.6 Å². The molecule has 0 unspecified atom stereocenters. The van der Waals surface area contributed by atoms with Gasteiger partial charge < -0.3 is 10.6 Å². The third kappa shape index (κ3) is 3.99. The van der Waals surface area contributed by atoms with Gasteiger partial charge in [-0.2, -0.15) is 0 Å². The van der Waals surface area contributed by atoms with E-state index in [0.29, 0.717) is 5.02 Å². The molecule has 0 aliphatic rings. The zero-order valence-electron chi connectivity index (χ0n) is 12.4. The smallest absolute Gasteiger partial charge is 0.319 e. The number of amides is 2. The summed E-state index contributed by atoms with van der Waals surface area (Å²) in [6.45, 7) is 5.94. The zero-order chi connectivity index (χ0) is 15.4. The predicted molar refractivity (Wildman–Crippen MR) is 87.9 cm³/mol. The molecule has 21 heavy (non-hydrogen) atoms. The van der Waals surface area contributed by atoms with Gasteiger partial charge in [0.2, 0.25) is 0 Å². The minimum Gasteiger partial charge on any atom is -0.331 e. The van der Waals surface area contributed by atoms with E-state index in [9.17, 15) is 4.79 Å². The fourth-order valence-corrected chi connectivity index (χ4v) is 2.30. The second-order valence-corrected chi connectivity index (χ2v) is 5.56. The fourth-order valence-electron chi connectivity index (χ4n) is 2.10. The molecule has 0 aromatic heterocycles. The fraction of sp³-hybridized carbons (Fsp3) is 0.235. The molecule has 0 heterocycles. The van der Waals surface area contributed by atoms with Crippen molar-refractivity contribution in [3.05, 3.63) is 64.2 Å². The van der Waals surface area contributed by atoms with Gasteiger partial charge in [-0.25, -0.2) is 4.79 Å². The number of hydrogen-bond acceptors (Lipinski definition) is 1. The molecule has 2 aromatic carbocycles. The maximum Gasteiger partial charge on any atom is 0.319 e. The summed E-state index contributed by atoms with van der Waals surface area (Å²) < 4.78 is 0. The lowest BCUT2D eigenvalue weighted by atomic mass is 10.1. The second kappa shape index (κ2) is 6.64. The Kier molecular flexibility index (Phi) is 4.86. The Labute approximate surface area is 130 Å². The quantitative estimate of drug-likeness (QED) is 0.837. The SMILES string of the molecule is Cc1cccc(NC(=O)N[C@@H](C)c2cccc(Cl)c2)c1C. The van der Waals surface area contributed by atoms with E-state index in [1.165, 1.54) is 0 Å². The van der Waals surface area contributed by atoms with Crippen LogP contribution >= 0.6 is 11.6 Å². The normalized spacial score (nSPS) is 11.8. The molecular weight excluding hydrogens is 284 g/mol. The van der Waals surface area contributed by atoms with Gasteiger partial charge in [-0.3, -0.25) is 0 Å². The minimum atomic E-state index is -0.226. The third-order valence-electron chi connectivity index (χ3n) is 3.55. The number of nitrogens with one attached hydrogen (secondary N) is 2. The van der Waals surface area contributed by atoms with E-state index in [-0.39, 0.29) is 12.1 Å². The molecule has 0 radical (unpaired) electrons. The highest BCUT2D eigenvalue weighted by molar-refractivity contribution is 6.30. The molecule has 2 aromatic rings. The summed E-state index contributed by atoms with van der Waals surface area (Å²) in [6.07, 6.45) is 0. The Balaban J connectivity index is 2.03. The van der Waals surface area contributed by atoms with Crippen LogP contribution in [0.2, 0.25) is 5.02 Å². The summed E-state index contributed by atoms with van der Waals surface area (Å²) in [5.74, 6) is 0. The average molecular weight is 303 g/mol. The number of anilines is 1. The molecule has 0 spiro atoms. The summed E-state index contributed by atoms with van der Waals surface area (Å²) in [7, 11) is 0. The second-order valence-electron chi connectivity index (χ2n) is 5.12. The van der Waals surface area contributed by atoms with Crippen molar-refractivity contribution in [2.24, 2.45) is 0 Å². The number of carbonyl (C=O) groups excluding carboxylic acids is 1. The Morgan fingerprint density at radius 1 is 1.14 bits per heavy atom. The van der Waals surface area contributed by atoms with Gasteiger partial charge in [0.1, 0.15) is 0 Å². The molecular formula is C17H19ClN2O. The van der Waals surface area contributed by atoms with E-state index in [4.69, 9.17) is 11.6 Å². The maximum atomic E-state index is 12.1. The maximum absolute atomic E-state index is 12.1. The van der Waals surface area contributed by atoms with Crippen LogP contribution in [-0.4, -0.2) is 6.03 Å². The first-order valence-electron chi connectivity index (χ1n) is 6.86. The lowest BCUT2D eigenvalue weighted by Gasteiger charge is -2.16. The first kappa shape index (κ1) is 15.4. The molecule has 4 heteroatoms. The molecule has 0 saturated heterocycles. The van der Waals surface area contributed by atoms with E-state index < -0.39 is 0 Å². The van der Waals surface area contributed by atoms with Crippen molar-refractivity contribution in [2.75, 3.05) is 5.32 Å². The van der Waals surface area contributed by atoms with Crippen molar-refractivity contribution in [3.63, 3.8) is 0 Å². The molecule has 0 aliphatic heterocycles. The van der Waals surface area contributed by atoms with Crippen molar-refractivity contribution in [1.29, 1.82) is 0 Å². The van der Waals surface area contributed by atoms with Gasteiger partial charge in [-0.05, 0) is 55.7 Å². The Morgan fingerprint density at radius 3 is 2.57 bits per heavy atom. The summed E-state index contributed by atoms with van der Waals surface area (Å²) in [5, 5.41) is 6.46. The molecule has 3 nitrogen and oxygen atoms in total. The molecule has 0 saturated carbocycles. The summed E-state index contributed by atoms with van der Waals surface area (Å²) >= 11 is 5.97. The predicted octanol–water partition coefficient (Wildman–Crippen LogP) is 4.84. The number of halogens is 1. The Hall–Kier alpha value is -2.00. The molecule has 2 amide bonds. The lowest BCUT2D eigenvalue weighted by Crippen LogP contribution is -2.31. The van der Waals surface area contributed by atoms with Crippen LogP contribution in [0.1, 0.15) is 29.7 Å². The van der Waals surface area contributed by atoms with E-state index in [2.05, 4.69) is 10.6 Å². The van der Waals surface area contributed by atoms with Crippen LogP contribution in [0.15, 0.2) is 42.5 Å². The number of urea groups is 1. The van der Waals surface area contributed by atoms with Crippen molar-refractivity contribution >= 4 is 23.3 Å². The third-order valence-corrected chi connectivity index (χ3v) is 3.78.